The Balaban J connectivity index is 1.45. The molecule has 1 saturated carbocycles. The van der Waals surface area contributed by atoms with Crippen molar-refractivity contribution in [3.63, 3.8) is 0 Å². The largest absolute Gasteiger partial charge is 0.448 e. The van der Waals surface area contributed by atoms with Gasteiger partial charge in [-0.15, -0.1) is 11.8 Å². The van der Waals surface area contributed by atoms with Gasteiger partial charge in [0.1, 0.15) is 0 Å². The minimum atomic E-state index is -0.785. The molecule has 7 nitrogen and oxygen atoms in total. The highest BCUT2D eigenvalue weighted by Gasteiger charge is 2.47. The van der Waals surface area contributed by atoms with E-state index >= 15 is 0 Å². The minimum Gasteiger partial charge on any atom is -0.448 e. The maximum absolute atomic E-state index is 13.6. The van der Waals surface area contributed by atoms with E-state index in [0.717, 1.165) is 53.0 Å². The van der Waals surface area contributed by atoms with Gasteiger partial charge in [-0.25, -0.2) is 0 Å². The van der Waals surface area contributed by atoms with Crippen molar-refractivity contribution >= 4 is 29.0 Å². The number of fused-ring (bicyclic) bond motifs is 1. The fraction of sp³-hybridized carbons (Fsp3) is 0.467. The van der Waals surface area contributed by atoms with Crippen LogP contribution in [-0.4, -0.2) is 48.0 Å². The lowest BCUT2D eigenvalue weighted by atomic mass is 9.81. The average Bonchev–Trinajstić information content (AvgIpc) is 3.57. The first-order valence-electron chi connectivity index (χ1n) is 13.4. The molecular weight excluding hydrogens is 530 g/mol. The number of thioether (sulfide) groups is 1. The number of carbonyl (C=O) groups is 1. The lowest BCUT2D eigenvalue weighted by molar-refractivity contribution is -0.123. The maximum Gasteiger partial charge on any atom is 0.254 e. The smallest absolute Gasteiger partial charge is 0.254 e. The van der Waals surface area contributed by atoms with Gasteiger partial charge in [-0.1, -0.05) is 0 Å². The molecule has 2 N–H and O–H groups in total. The van der Waals surface area contributed by atoms with E-state index in [4.69, 9.17) is 9.47 Å². The molecule has 3 aromatic rings. The second kappa shape index (κ2) is 11.0. The summed E-state index contributed by atoms with van der Waals surface area (Å²) in [5.41, 5.74) is 4.28. The van der Waals surface area contributed by atoms with E-state index in [1.54, 1.807) is 11.3 Å². The van der Waals surface area contributed by atoms with Crippen LogP contribution in [0.25, 0.3) is 11.1 Å². The predicted octanol–water partition coefficient (Wildman–Crippen LogP) is 5.98. The first kappa shape index (κ1) is 27.8. The Hall–Kier alpha value is -2.75. The Bertz CT molecular complexity index is 1420. The summed E-state index contributed by atoms with van der Waals surface area (Å²) in [7, 11) is 4.29. The van der Waals surface area contributed by atoms with Crippen LogP contribution in [0, 0.1) is 19.8 Å². The number of aromatic amines is 1. The standard InChI is InChI=1S/C30H37N3O4S2/c1-17-13-25(38-6)24(29(35)32-17)15-31-28(34)22-14-23(19-11-12-39-16-19)27-26(18(22)2)36-30(3,37-27)20-7-9-21(10-8-20)33(4)5/h11-14,16,20-21H,7-10,15H2,1-6H3,(H,31,34)(H,32,35). The van der Waals surface area contributed by atoms with Crippen LogP contribution in [0.3, 0.4) is 0 Å². The maximum atomic E-state index is 13.6. The number of carbonyl (C=O) groups excluding carboxylic acids is 1. The number of pyridine rings is 1. The first-order valence-corrected chi connectivity index (χ1v) is 15.6. The molecule has 1 amide bonds. The van der Waals surface area contributed by atoms with Crippen molar-refractivity contribution in [2.75, 3.05) is 20.4 Å². The minimum absolute atomic E-state index is 0.138. The van der Waals surface area contributed by atoms with Gasteiger partial charge in [-0.3, -0.25) is 9.59 Å². The second-order valence-electron chi connectivity index (χ2n) is 11.0. The van der Waals surface area contributed by atoms with Gasteiger partial charge in [0.05, 0.1) is 0 Å². The highest BCUT2D eigenvalue weighted by atomic mass is 32.2. The van der Waals surface area contributed by atoms with E-state index in [9.17, 15) is 9.59 Å². The molecule has 5 rings (SSSR count). The molecule has 9 heteroatoms. The van der Waals surface area contributed by atoms with Gasteiger partial charge in [0.15, 0.2) is 11.5 Å². The Morgan fingerprint density at radius 2 is 1.90 bits per heavy atom. The molecule has 0 spiro atoms. The number of amides is 1. The third-order valence-corrected chi connectivity index (χ3v) is 9.70. The zero-order valence-corrected chi connectivity index (χ0v) is 25.1. The summed E-state index contributed by atoms with van der Waals surface area (Å²) in [4.78, 5) is 32.2. The number of aryl methyl sites for hydroxylation is 1. The molecule has 1 unspecified atom stereocenters. The molecule has 3 heterocycles. The number of hydrogen-bond acceptors (Lipinski definition) is 7. The zero-order valence-electron chi connectivity index (χ0n) is 23.5. The second-order valence-corrected chi connectivity index (χ2v) is 12.6. The molecule has 208 valence electrons. The average molecular weight is 568 g/mol. The summed E-state index contributed by atoms with van der Waals surface area (Å²) in [5, 5.41) is 7.06. The zero-order chi connectivity index (χ0) is 27.9. The molecule has 1 atom stereocenters. The van der Waals surface area contributed by atoms with Crippen LogP contribution in [0.4, 0.5) is 0 Å². The lowest BCUT2D eigenvalue weighted by Crippen LogP contribution is -2.46. The van der Waals surface area contributed by atoms with Crippen molar-refractivity contribution in [3.8, 4) is 22.6 Å². The number of benzene rings is 1. The quantitative estimate of drug-likeness (QED) is 0.342. The summed E-state index contributed by atoms with van der Waals surface area (Å²) < 4.78 is 13.3. The van der Waals surface area contributed by atoms with Gasteiger partial charge < -0.3 is 24.7 Å². The number of H-pyrrole nitrogens is 1. The van der Waals surface area contributed by atoms with Gasteiger partial charge in [-0.2, -0.15) is 11.3 Å². The molecule has 1 aromatic carbocycles. The highest BCUT2D eigenvalue weighted by Crippen LogP contribution is 2.53. The van der Waals surface area contributed by atoms with E-state index in [2.05, 4.69) is 34.7 Å². The van der Waals surface area contributed by atoms with Crippen LogP contribution < -0.4 is 20.3 Å². The molecule has 1 aliphatic heterocycles. The van der Waals surface area contributed by atoms with Gasteiger partial charge in [0.2, 0.25) is 0 Å². The molecule has 0 bridgehead atoms. The number of nitrogens with one attached hydrogen (secondary N) is 2. The molecule has 39 heavy (non-hydrogen) atoms. The number of thiophene rings is 1. The van der Waals surface area contributed by atoms with E-state index < -0.39 is 5.79 Å². The Kier molecular flexibility index (Phi) is 7.86. The number of nitrogens with zero attached hydrogens (tertiary/aromatic N) is 1. The Morgan fingerprint density at radius 3 is 2.54 bits per heavy atom. The summed E-state index contributed by atoms with van der Waals surface area (Å²) in [6.07, 6.45) is 6.19. The fourth-order valence-corrected chi connectivity index (χ4v) is 7.20. The molecule has 1 aliphatic carbocycles. The van der Waals surface area contributed by atoms with E-state index in [1.165, 1.54) is 11.8 Å². The third-order valence-electron chi connectivity index (χ3n) is 8.21. The van der Waals surface area contributed by atoms with Gasteiger partial charge >= 0.3 is 0 Å². The Labute approximate surface area is 238 Å². The van der Waals surface area contributed by atoms with Crippen molar-refractivity contribution in [1.82, 2.24) is 15.2 Å². The summed E-state index contributed by atoms with van der Waals surface area (Å²) in [6, 6.07) is 6.45. The van der Waals surface area contributed by atoms with Crippen molar-refractivity contribution in [2.24, 2.45) is 5.92 Å². The molecule has 0 radical (unpaired) electrons. The highest BCUT2D eigenvalue weighted by molar-refractivity contribution is 7.98. The topological polar surface area (TPSA) is 83.7 Å². The molecule has 0 saturated heterocycles. The van der Waals surface area contributed by atoms with Crippen LogP contribution in [0.5, 0.6) is 11.5 Å². The predicted molar refractivity (Wildman–Crippen MR) is 158 cm³/mol. The molecule has 2 aliphatic rings. The first-order chi connectivity index (χ1) is 18.6. The van der Waals surface area contributed by atoms with Crippen LogP contribution >= 0.6 is 23.1 Å². The summed E-state index contributed by atoms with van der Waals surface area (Å²) in [5.74, 6) is 0.569. The van der Waals surface area contributed by atoms with Crippen LogP contribution in [-0.2, 0) is 6.54 Å². The normalized spacial score (nSPS) is 22.3. The summed E-state index contributed by atoms with van der Waals surface area (Å²) in [6.45, 7) is 5.94. The number of aromatic nitrogens is 1. The van der Waals surface area contributed by atoms with E-state index in [-0.39, 0.29) is 23.9 Å². The fourth-order valence-electron chi connectivity index (χ4n) is 5.83. The van der Waals surface area contributed by atoms with Gasteiger partial charge in [0, 0.05) is 58.3 Å². The van der Waals surface area contributed by atoms with Crippen LogP contribution in [0.15, 0.2) is 38.6 Å². The van der Waals surface area contributed by atoms with Crippen LogP contribution in [0.1, 0.15) is 59.8 Å². The number of ether oxygens (including phenoxy) is 2. The molecule has 1 fully saturated rings. The van der Waals surface area contributed by atoms with Crippen molar-refractivity contribution in [1.29, 1.82) is 0 Å². The monoisotopic (exact) mass is 567 g/mol. The van der Waals surface area contributed by atoms with Gasteiger partial charge in [-0.05, 0) is 94.4 Å². The van der Waals surface area contributed by atoms with Gasteiger partial charge in [0.25, 0.3) is 17.3 Å². The number of hydrogen-bond donors (Lipinski definition) is 2. The number of rotatable bonds is 7. The summed E-state index contributed by atoms with van der Waals surface area (Å²) >= 11 is 3.10. The third kappa shape index (κ3) is 5.36. The van der Waals surface area contributed by atoms with Crippen molar-refractivity contribution in [3.05, 3.63) is 61.7 Å². The van der Waals surface area contributed by atoms with E-state index in [0.29, 0.717) is 28.7 Å². The van der Waals surface area contributed by atoms with Crippen molar-refractivity contribution < 1.29 is 14.3 Å². The SMILES string of the molecule is CSc1cc(C)[nH]c(=O)c1CNC(=O)c1cc(-c2ccsc2)c2c(c1C)OC(C)(C1CCC(N(C)C)CC1)O2. The molecular formula is C30H37N3O4S2. The van der Waals surface area contributed by atoms with E-state index in [1.807, 2.05) is 50.6 Å². The van der Waals surface area contributed by atoms with Crippen molar-refractivity contribution in [2.45, 2.75) is 69.7 Å². The lowest BCUT2D eigenvalue weighted by Gasteiger charge is -2.39. The van der Waals surface area contributed by atoms with Crippen LogP contribution in [0.2, 0.25) is 0 Å². The molecule has 2 aromatic heterocycles. The Morgan fingerprint density at radius 1 is 1.18 bits per heavy atom.